The van der Waals surface area contributed by atoms with Gasteiger partial charge in [0.2, 0.25) is 5.91 Å². The fourth-order valence-electron chi connectivity index (χ4n) is 2.33. The van der Waals surface area contributed by atoms with Crippen LogP contribution in [0, 0.1) is 0 Å². The summed E-state index contributed by atoms with van der Waals surface area (Å²) in [7, 11) is 0. The number of amides is 2. The fourth-order valence-corrected chi connectivity index (χ4v) is 3.34. The van der Waals surface area contributed by atoms with Crippen molar-refractivity contribution in [2.45, 2.75) is 12.8 Å². The number of aromatic amines is 1. The lowest BCUT2D eigenvalue weighted by atomic mass is 10.2. The predicted octanol–water partition coefficient (Wildman–Crippen LogP) is 3.31. The van der Waals surface area contributed by atoms with Crippen molar-refractivity contribution in [3.8, 4) is 0 Å². The van der Waals surface area contributed by atoms with Crippen LogP contribution < -0.4 is 10.9 Å². The first kappa shape index (κ1) is 17.2. The Labute approximate surface area is 152 Å². The van der Waals surface area contributed by atoms with Crippen LogP contribution in [0.15, 0.2) is 42.6 Å². The summed E-state index contributed by atoms with van der Waals surface area (Å²) in [6, 6.07) is 10.6. The highest BCUT2D eigenvalue weighted by Crippen LogP contribution is 2.22. The number of hydrazine groups is 1. The molecule has 2 heterocycles. The summed E-state index contributed by atoms with van der Waals surface area (Å²) in [6.45, 7) is 0. The molecule has 0 aliphatic rings. The van der Waals surface area contributed by atoms with Gasteiger partial charge in [0.05, 0.1) is 14.8 Å². The highest BCUT2D eigenvalue weighted by atomic mass is 35.5. The van der Waals surface area contributed by atoms with Crippen molar-refractivity contribution in [2.24, 2.45) is 0 Å². The second kappa shape index (κ2) is 7.50. The molecule has 0 aliphatic heterocycles. The topological polar surface area (TPSA) is 91.1 Å². The summed E-state index contributed by atoms with van der Waals surface area (Å²) >= 11 is 6.96. The Morgan fingerprint density at radius 3 is 2.60 bits per heavy atom. The van der Waals surface area contributed by atoms with Crippen LogP contribution in [-0.4, -0.2) is 22.6 Å². The molecule has 0 saturated carbocycles. The molecule has 128 valence electrons. The Morgan fingerprint density at radius 2 is 1.84 bits per heavy atom. The van der Waals surface area contributed by atoms with E-state index in [-0.39, 0.29) is 18.6 Å². The number of H-pyrrole nitrogens is 1. The number of benzene rings is 1. The standard InChI is InChI=1S/C17H14ClN3O3S/c18-15-7-6-14(25-15)13(22)5-8-16(23)20-21-17(24)11-9-19-12-4-2-1-3-10(11)12/h1-4,6-7,9,19H,5,8H2,(H,20,23)(H,21,24). The number of ketones is 1. The summed E-state index contributed by atoms with van der Waals surface area (Å²) in [5, 5.41) is 0.763. The molecule has 0 aliphatic carbocycles. The molecule has 3 rings (SSSR count). The first-order valence-electron chi connectivity index (χ1n) is 7.48. The second-order valence-electron chi connectivity index (χ2n) is 5.28. The van der Waals surface area contributed by atoms with Crippen molar-refractivity contribution in [1.82, 2.24) is 15.8 Å². The monoisotopic (exact) mass is 375 g/mol. The number of halogens is 1. The van der Waals surface area contributed by atoms with Gasteiger partial charge in [0.25, 0.3) is 5.91 Å². The number of rotatable bonds is 5. The average molecular weight is 376 g/mol. The van der Waals surface area contributed by atoms with E-state index in [2.05, 4.69) is 15.8 Å². The molecule has 0 bridgehead atoms. The van der Waals surface area contributed by atoms with Crippen LogP contribution >= 0.6 is 22.9 Å². The van der Waals surface area contributed by atoms with E-state index >= 15 is 0 Å². The van der Waals surface area contributed by atoms with E-state index in [9.17, 15) is 14.4 Å². The zero-order chi connectivity index (χ0) is 17.8. The van der Waals surface area contributed by atoms with Crippen molar-refractivity contribution in [2.75, 3.05) is 0 Å². The lowest BCUT2D eigenvalue weighted by molar-refractivity contribution is -0.121. The summed E-state index contributed by atoms with van der Waals surface area (Å²) < 4.78 is 0.527. The third-order valence-corrected chi connectivity index (χ3v) is 4.85. The number of Topliss-reactive ketones (excluding diaryl/α,β-unsaturated/α-hetero) is 1. The average Bonchev–Trinajstić information content (AvgIpc) is 3.23. The van der Waals surface area contributed by atoms with Crippen LogP contribution in [0.3, 0.4) is 0 Å². The number of carbonyl (C=O) groups excluding carboxylic acids is 3. The Bertz CT molecular complexity index is 947. The van der Waals surface area contributed by atoms with E-state index < -0.39 is 11.8 Å². The Morgan fingerprint density at radius 1 is 1.04 bits per heavy atom. The third kappa shape index (κ3) is 4.07. The van der Waals surface area contributed by atoms with Crippen LogP contribution in [-0.2, 0) is 4.79 Å². The van der Waals surface area contributed by atoms with E-state index in [1.54, 1.807) is 18.3 Å². The van der Waals surface area contributed by atoms with Gasteiger partial charge in [-0.15, -0.1) is 11.3 Å². The molecular formula is C17H14ClN3O3S. The molecule has 25 heavy (non-hydrogen) atoms. The van der Waals surface area contributed by atoms with Crippen LogP contribution in [0.5, 0.6) is 0 Å². The quantitative estimate of drug-likeness (QED) is 0.472. The van der Waals surface area contributed by atoms with Gasteiger partial charge in [-0.1, -0.05) is 29.8 Å². The smallest absolute Gasteiger partial charge is 0.271 e. The first-order chi connectivity index (χ1) is 12.0. The number of carbonyl (C=O) groups is 3. The SMILES string of the molecule is O=C(CCC(=O)c1ccc(Cl)s1)NNC(=O)c1c[nH]c2ccccc12. The third-order valence-electron chi connectivity index (χ3n) is 3.58. The highest BCUT2D eigenvalue weighted by molar-refractivity contribution is 7.18. The zero-order valence-electron chi connectivity index (χ0n) is 13.0. The molecule has 8 heteroatoms. The van der Waals surface area contributed by atoms with Crippen LogP contribution in [0.4, 0.5) is 0 Å². The van der Waals surface area contributed by atoms with Gasteiger partial charge in [-0.2, -0.15) is 0 Å². The molecule has 2 amide bonds. The highest BCUT2D eigenvalue weighted by Gasteiger charge is 2.14. The molecule has 6 nitrogen and oxygen atoms in total. The lowest BCUT2D eigenvalue weighted by Gasteiger charge is -2.06. The molecular weight excluding hydrogens is 362 g/mol. The van der Waals surface area contributed by atoms with Gasteiger partial charge in [-0.3, -0.25) is 25.2 Å². The minimum atomic E-state index is -0.441. The van der Waals surface area contributed by atoms with E-state index in [0.29, 0.717) is 14.8 Å². The number of hydrogen-bond acceptors (Lipinski definition) is 4. The number of para-hydroxylation sites is 1. The van der Waals surface area contributed by atoms with Crippen molar-refractivity contribution >= 4 is 51.4 Å². The number of fused-ring (bicyclic) bond motifs is 1. The molecule has 3 N–H and O–H groups in total. The molecule has 3 aromatic rings. The van der Waals surface area contributed by atoms with Crippen molar-refractivity contribution in [3.63, 3.8) is 0 Å². The van der Waals surface area contributed by atoms with Gasteiger partial charge in [0, 0.05) is 29.9 Å². The van der Waals surface area contributed by atoms with E-state index in [1.807, 2.05) is 24.3 Å². The maximum Gasteiger partial charge on any atom is 0.271 e. The Kier molecular flexibility index (Phi) is 5.16. The normalized spacial score (nSPS) is 10.6. The predicted molar refractivity (Wildman–Crippen MR) is 96.8 cm³/mol. The minimum absolute atomic E-state index is 0.0253. The number of nitrogens with one attached hydrogen (secondary N) is 3. The Hall–Kier alpha value is -2.64. The van der Waals surface area contributed by atoms with E-state index in [0.717, 1.165) is 10.9 Å². The van der Waals surface area contributed by atoms with E-state index in [4.69, 9.17) is 11.6 Å². The van der Waals surface area contributed by atoms with Gasteiger partial charge >= 0.3 is 0 Å². The number of thiophene rings is 1. The summed E-state index contributed by atoms with van der Waals surface area (Å²) in [5.74, 6) is -1.03. The maximum atomic E-state index is 12.2. The lowest BCUT2D eigenvalue weighted by Crippen LogP contribution is -2.41. The minimum Gasteiger partial charge on any atom is -0.360 e. The molecule has 0 radical (unpaired) electrons. The number of aromatic nitrogens is 1. The summed E-state index contributed by atoms with van der Waals surface area (Å²) in [5.41, 5.74) is 5.94. The van der Waals surface area contributed by atoms with Crippen molar-refractivity contribution in [3.05, 3.63) is 57.4 Å². The van der Waals surface area contributed by atoms with Gasteiger partial charge < -0.3 is 4.98 Å². The van der Waals surface area contributed by atoms with Crippen LogP contribution in [0.2, 0.25) is 4.34 Å². The van der Waals surface area contributed by atoms with Crippen LogP contribution in [0.1, 0.15) is 32.9 Å². The molecule has 0 spiro atoms. The largest absolute Gasteiger partial charge is 0.360 e. The molecule has 0 unspecified atom stereocenters. The fraction of sp³-hybridized carbons (Fsp3) is 0.118. The van der Waals surface area contributed by atoms with Crippen LogP contribution in [0.25, 0.3) is 10.9 Å². The zero-order valence-corrected chi connectivity index (χ0v) is 14.5. The van der Waals surface area contributed by atoms with Gasteiger partial charge in [0.15, 0.2) is 5.78 Å². The van der Waals surface area contributed by atoms with E-state index in [1.165, 1.54) is 11.3 Å². The van der Waals surface area contributed by atoms with Crippen molar-refractivity contribution in [1.29, 1.82) is 0 Å². The molecule has 0 saturated heterocycles. The molecule has 1 aromatic carbocycles. The molecule has 0 fully saturated rings. The summed E-state index contributed by atoms with van der Waals surface area (Å²) in [4.78, 5) is 39.4. The van der Waals surface area contributed by atoms with Gasteiger partial charge in [-0.05, 0) is 18.2 Å². The van der Waals surface area contributed by atoms with Crippen molar-refractivity contribution < 1.29 is 14.4 Å². The Balaban J connectivity index is 1.50. The molecule has 0 atom stereocenters. The van der Waals surface area contributed by atoms with Gasteiger partial charge in [-0.25, -0.2) is 0 Å². The molecule has 2 aromatic heterocycles. The van der Waals surface area contributed by atoms with Gasteiger partial charge in [0.1, 0.15) is 0 Å². The first-order valence-corrected chi connectivity index (χ1v) is 8.68. The maximum absolute atomic E-state index is 12.2. The number of hydrogen-bond donors (Lipinski definition) is 3. The summed E-state index contributed by atoms with van der Waals surface area (Å²) in [6.07, 6.45) is 1.60. The second-order valence-corrected chi connectivity index (χ2v) is 6.99.